The molecule has 0 aromatic heterocycles. The lowest BCUT2D eigenvalue weighted by molar-refractivity contribution is 0.0653. The van der Waals surface area contributed by atoms with Crippen molar-refractivity contribution in [2.45, 2.75) is 12.8 Å². The van der Waals surface area contributed by atoms with Gasteiger partial charge in [-0.2, -0.15) is 0 Å². The lowest BCUT2D eigenvalue weighted by Crippen LogP contribution is -2.39. The van der Waals surface area contributed by atoms with E-state index < -0.39 is 0 Å². The molecule has 3 rings (SSSR count). The second kappa shape index (κ2) is 5.63. The minimum absolute atomic E-state index is 0.109. The van der Waals surface area contributed by atoms with Crippen LogP contribution in [0.15, 0.2) is 42.5 Å². The normalized spacial score (nSPS) is 16.6. The Morgan fingerprint density at radius 3 is 2.55 bits per heavy atom. The van der Waals surface area contributed by atoms with Crippen LogP contribution >= 0.6 is 0 Å². The van der Waals surface area contributed by atoms with Crippen molar-refractivity contribution in [3.05, 3.63) is 48.0 Å². The van der Waals surface area contributed by atoms with Gasteiger partial charge in [-0.05, 0) is 35.6 Å². The van der Waals surface area contributed by atoms with E-state index in [0.717, 1.165) is 42.3 Å². The lowest BCUT2D eigenvalue weighted by atomic mass is 9.96. The van der Waals surface area contributed by atoms with Gasteiger partial charge in [-0.25, -0.2) is 0 Å². The second-order valence-electron chi connectivity index (χ2n) is 5.44. The second-order valence-corrected chi connectivity index (χ2v) is 5.44. The Balaban J connectivity index is 1.86. The van der Waals surface area contributed by atoms with Gasteiger partial charge in [0.2, 0.25) is 0 Å². The fourth-order valence-electron chi connectivity index (χ4n) is 2.90. The topological polar surface area (TPSA) is 40.5 Å². The number of hydrogen-bond donors (Lipinski definition) is 1. The van der Waals surface area contributed by atoms with Crippen LogP contribution in [0.4, 0.5) is 0 Å². The molecule has 2 aromatic rings. The standard InChI is InChI=1S/C17H19NO2/c19-12-13-8-10-18(11-9-13)17(20)16-7-3-5-14-4-1-2-6-15(14)16/h1-7,13,19H,8-12H2. The smallest absolute Gasteiger partial charge is 0.254 e. The molecule has 1 aliphatic heterocycles. The fourth-order valence-corrected chi connectivity index (χ4v) is 2.90. The molecule has 3 heteroatoms. The monoisotopic (exact) mass is 269 g/mol. The Morgan fingerprint density at radius 1 is 1.10 bits per heavy atom. The summed E-state index contributed by atoms with van der Waals surface area (Å²) >= 11 is 0. The molecule has 104 valence electrons. The Hall–Kier alpha value is -1.87. The van der Waals surface area contributed by atoms with E-state index in [0.29, 0.717) is 5.92 Å². The van der Waals surface area contributed by atoms with Crippen molar-refractivity contribution in [2.75, 3.05) is 19.7 Å². The molecule has 1 amide bonds. The summed E-state index contributed by atoms with van der Waals surface area (Å²) in [6, 6.07) is 13.9. The van der Waals surface area contributed by atoms with Crippen molar-refractivity contribution in [1.82, 2.24) is 4.90 Å². The SMILES string of the molecule is O=C(c1cccc2ccccc12)N1CCC(CO)CC1. The predicted octanol–water partition coefficient (Wildman–Crippen LogP) is 2.68. The highest BCUT2D eigenvalue weighted by molar-refractivity contribution is 6.07. The molecule has 0 unspecified atom stereocenters. The van der Waals surface area contributed by atoms with Gasteiger partial charge in [0, 0.05) is 25.3 Å². The molecule has 0 saturated carbocycles. The number of benzene rings is 2. The van der Waals surface area contributed by atoms with Crippen molar-refractivity contribution in [2.24, 2.45) is 5.92 Å². The van der Waals surface area contributed by atoms with Crippen LogP contribution in [0.2, 0.25) is 0 Å². The van der Waals surface area contributed by atoms with E-state index in [-0.39, 0.29) is 12.5 Å². The number of fused-ring (bicyclic) bond motifs is 1. The van der Waals surface area contributed by atoms with Gasteiger partial charge in [-0.1, -0.05) is 36.4 Å². The van der Waals surface area contributed by atoms with E-state index in [4.69, 9.17) is 0 Å². The Kier molecular flexibility index (Phi) is 3.70. The molecule has 0 aliphatic carbocycles. The van der Waals surface area contributed by atoms with Crippen LogP contribution in [0.5, 0.6) is 0 Å². The van der Waals surface area contributed by atoms with Crippen LogP contribution < -0.4 is 0 Å². The van der Waals surface area contributed by atoms with E-state index >= 15 is 0 Å². The third kappa shape index (κ3) is 2.41. The van der Waals surface area contributed by atoms with Crippen LogP contribution in [-0.4, -0.2) is 35.6 Å². The summed E-state index contributed by atoms with van der Waals surface area (Å²) in [6.45, 7) is 1.72. The summed E-state index contributed by atoms with van der Waals surface area (Å²) in [5.41, 5.74) is 0.783. The minimum Gasteiger partial charge on any atom is -0.396 e. The predicted molar refractivity (Wildman–Crippen MR) is 79.7 cm³/mol. The van der Waals surface area contributed by atoms with Crippen molar-refractivity contribution < 1.29 is 9.90 Å². The first-order valence-electron chi connectivity index (χ1n) is 7.17. The Labute approximate surface area is 118 Å². The van der Waals surface area contributed by atoms with E-state index in [1.165, 1.54) is 0 Å². The molecule has 3 nitrogen and oxygen atoms in total. The Morgan fingerprint density at radius 2 is 1.80 bits per heavy atom. The number of carbonyl (C=O) groups excluding carboxylic acids is 1. The number of hydrogen-bond acceptors (Lipinski definition) is 2. The van der Waals surface area contributed by atoms with Crippen LogP contribution in [0, 0.1) is 5.92 Å². The number of likely N-dealkylation sites (tertiary alicyclic amines) is 1. The molecule has 1 fully saturated rings. The molecular weight excluding hydrogens is 250 g/mol. The van der Waals surface area contributed by atoms with E-state index in [1.807, 2.05) is 47.4 Å². The van der Waals surface area contributed by atoms with Gasteiger partial charge in [-0.3, -0.25) is 4.79 Å². The van der Waals surface area contributed by atoms with Gasteiger partial charge in [0.25, 0.3) is 5.91 Å². The summed E-state index contributed by atoms with van der Waals surface area (Å²) in [5, 5.41) is 11.3. The van der Waals surface area contributed by atoms with E-state index in [1.54, 1.807) is 0 Å². The molecular formula is C17H19NO2. The largest absolute Gasteiger partial charge is 0.396 e. The maximum Gasteiger partial charge on any atom is 0.254 e. The highest BCUT2D eigenvalue weighted by Gasteiger charge is 2.23. The Bertz CT molecular complexity index is 610. The maximum atomic E-state index is 12.7. The highest BCUT2D eigenvalue weighted by atomic mass is 16.3. The number of carbonyl (C=O) groups is 1. The van der Waals surface area contributed by atoms with Crippen molar-refractivity contribution in [3.63, 3.8) is 0 Å². The number of aliphatic hydroxyl groups is 1. The van der Waals surface area contributed by atoms with Crippen LogP contribution in [0.3, 0.4) is 0 Å². The van der Waals surface area contributed by atoms with Gasteiger partial charge < -0.3 is 10.0 Å². The summed E-state index contributed by atoms with van der Waals surface area (Å²) < 4.78 is 0. The first-order valence-corrected chi connectivity index (χ1v) is 7.17. The summed E-state index contributed by atoms with van der Waals surface area (Å²) in [6.07, 6.45) is 1.79. The van der Waals surface area contributed by atoms with Gasteiger partial charge >= 0.3 is 0 Å². The zero-order valence-electron chi connectivity index (χ0n) is 11.5. The molecule has 0 atom stereocenters. The van der Waals surface area contributed by atoms with Crippen molar-refractivity contribution >= 4 is 16.7 Å². The number of amides is 1. The first kappa shape index (κ1) is 13.1. The van der Waals surface area contributed by atoms with Gasteiger partial charge in [0.05, 0.1) is 0 Å². The van der Waals surface area contributed by atoms with Crippen LogP contribution in [0.1, 0.15) is 23.2 Å². The molecule has 2 aromatic carbocycles. The van der Waals surface area contributed by atoms with Gasteiger partial charge in [0.1, 0.15) is 0 Å². The molecule has 1 heterocycles. The number of aliphatic hydroxyl groups excluding tert-OH is 1. The zero-order chi connectivity index (χ0) is 13.9. The average Bonchev–Trinajstić information content (AvgIpc) is 2.54. The number of piperidine rings is 1. The third-order valence-corrected chi connectivity index (χ3v) is 4.18. The number of nitrogens with zero attached hydrogens (tertiary/aromatic N) is 1. The first-order chi connectivity index (χ1) is 9.79. The van der Waals surface area contributed by atoms with E-state index in [9.17, 15) is 9.90 Å². The average molecular weight is 269 g/mol. The molecule has 1 N–H and O–H groups in total. The summed E-state index contributed by atoms with van der Waals surface area (Å²) in [5.74, 6) is 0.463. The van der Waals surface area contributed by atoms with Crippen LogP contribution in [-0.2, 0) is 0 Å². The molecule has 0 radical (unpaired) electrons. The van der Waals surface area contributed by atoms with Crippen molar-refractivity contribution in [3.8, 4) is 0 Å². The third-order valence-electron chi connectivity index (χ3n) is 4.18. The lowest BCUT2D eigenvalue weighted by Gasteiger charge is -2.31. The van der Waals surface area contributed by atoms with Crippen LogP contribution in [0.25, 0.3) is 10.8 Å². The zero-order valence-corrected chi connectivity index (χ0v) is 11.5. The quantitative estimate of drug-likeness (QED) is 0.910. The van der Waals surface area contributed by atoms with E-state index in [2.05, 4.69) is 0 Å². The van der Waals surface area contributed by atoms with Crippen molar-refractivity contribution in [1.29, 1.82) is 0 Å². The molecule has 0 bridgehead atoms. The van der Waals surface area contributed by atoms with Gasteiger partial charge in [0.15, 0.2) is 0 Å². The summed E-state index contributed by atoms with van der Waals surface area (Å²) in [4.78, 5) is 14.6. The molecule has 20 heavy (non-hydrogen) atoms. The molecule has 0 spiro atoms. The minimum atomic E-state index is 0.109. The number of rotatable bonds is 2. The maximum absolute atomic E-state index is 12.7. The molecule has 1 saturated heterocycles. The summed E-state index contributed by atoms with van der Waals surface area (Å²) in [7, 11) is 0. The molecule has 1 aliphatic rings. The van der Waals surface area contributed by atoms with Gasteiger partial charge in [-0.15, -0.1) is 0 Å². The fraction of sp³-hybridized carbons (Fsp3) is 0.353. The highest BCUT2D eigenvalue weighted by Crippen LogP contribution is 2.23.